The first-order valence-electron chi connectivity index (χ1n) is 9.69. The van der Waals surface area contributed by atoms with Crippen molar-refractivity contribution in [2.24, 2.45) is 13.0 Å². The Morgan fingerprint density at radius 3 is 2.64 bits per heavy atom. The third-order valence-electron chi connectivity index (χ3n) is 4.80. The zero-order valence-electron chi connectivity index (χ0n) is 17.2. The minimum atomic E-state index is -0.222. The van der Waals surface area contributed by atoms with Crippen molar-refractivity contribution in [1.29, 1.82) is 0 Å². The van der Waals surface area contributed by atoms with E-state index in [0.29, 0.717) is 28.9 Å². The number of rotatable bonds is 6. The SMILES string of the molecule is Cc1cccc2cc3c(=O)n(C)cc(C(=O)NC(C)CNCC(C)C)c3nc12. The summed E-state index contributed by atoms with van der Waals surface area (Å²) >= 11 is 0. The summed E-state index contributed by atoms with van der Waals surface area (Å²) in [6.07, 6.45) is 1.57. The topological polar surface area (TPSA) is 76.0 Å². The van der Waals surface area contributed by atoms with E-state index in [1.807, 2.05) is 38.1 Å². The zero-order chi connectivity index (χ0) is 20.4. The summed E-state index contributed by atoms with van der Waals surface area (Å²) in [5, 5.41) is 7.71. The highest BCUT2D eigenvalue weighted by atomic mass is 16.2. The van der Waals surface area contributed by atoms with E-state index in [9.17, 15) is 9.59 Å². The number of hydrogen-bond acceptors (Lipinski definition) is 4. The second-order valence-electron chi connectivity index (χ2n) is 7.92. The fraction of sp³-hybridized carbons (Fsp3) is 0.409. The number of aromatic nitrogens is 2. The minimum Gasteiger partial charge on any atom is -0.348 e. The minimum absolute atomic E-state index is 0.0410. The lowest BCUT2D eigenvalue weighted by molar-refractivity contribution is 0.0940. The number of nitrogens with one attached hydrogen (secondary N) is 2. The maximum Gasteiger partial charge on any atom is 0.259 e. The molecule has 3 aromatic rings. The van der Waals surface area contributed by atoms with Gasteiger partial charge < -0.3 is 15.2 Å². The van der Waals surface area contributed by atoms with Crippen LogP contribution in [0.2, 0.25) is 0 Å². The van der Waals surface area contributed by atoms with Crippen LogP contribution in [0.5, 0.6) is 0 Å². The van der Waals surface area contributed by atoms with Crippen LogP contribution in [0.3, 0.4) is 0 Å². The molecule has 0 aliphatic heterocycles. The van der Waals surface area contributed by atoms with Crippen LogP contribution < -0.4 is 16.2 Å². The lowest BCUT2D eigenvalue weighted by Crippen LogP contribution is -2.41. The highest BCUT2D eigenvalue weighted by Gasteiger charge is 2.18. The maximum absolute atomic E-state index is 13.0. The Balaban J connectivity index is 2.00. The van der Waals surface area contributed by atoms with Gasteiger partial charge in [-0.25, -0.2) is 4.98 Å². The molecule has 0 aliphatic rings. The second kappa shape index (κ2) is 8.10. The number of aryl methyl sites for hydroxylation is 2. The van der Waals surface area contributed by atoms with Crippen molar-refractivity contribution in [3.63, 3.8) is 0 Å². The first-order valence-corrected chi connectivity index (χ1v) is 9.69. The number of benzene rings is 1. The molecule has 2 heterocycles. The van der Waals surface area contributed by atoms with Crippen molar-refractivity contribution >= 4 is 27.7 Å². The normalized spacial score (nSPS) is 12.6. The Bertz CT molecular complexity index is 1090. The number of nitrogens with zero attached hydrogens (tertiary/aromatic N) is 2. The predicted molar refractivity (Wildman–Crippen MR) is 114 cm³/mol. The van der Waals surface area contributed by atoms with E-state index in [2.05, 4.69) is 24.5 Å². The molecule has 3 rings (SSSR count). The van der Waals surface area contributed by atoms with Crippen LogP contribution >= 0.6 is 0 Å². The zero-order valence-corrected chi connectivity index (χ0v) is 17.2. The molecule has 1 aromatic carbocycles. The standard InChI is InChI=1S/C22H28N4O2/c1-13(2)10-23-11-15(4)24-21(27)18-12-26(5)22(28)17-9-16-8-6-7-14(3)19(16)25-20(17)18/h6-9,12-13,15,23H,10-11H2,1-5H3,(H,24,27). The highest BCUT2D eigenvalue weighted by molar-refractivity contribution is 6.07. The average molecular weight is 380 g/mol. The molecule has 0 fully saturated rings. The van der Waals surface area contributed by atoms with Gasteiger partial charge in [0.15, 0.2) is 0 Å². The van der Waals surface area contributed by atoms with Crippen LogP contribution in [0.15, 0.2) is 35.3 Å². The fourth-order valence-electron chi connectivity index (χ4n) is 3.33. The fourth-order valence-corrected chi connectivity index (χ4v) is 3.33. The summed E-state index contributed by atoms with van der Waals surface area (Å²) in [7, 11) is 1.66. The Morgan fingerprint density at radius 1 is 1.18 bits per heavy atom. The monoisotopic (exact) mass is 380 g/mol. The van der Waals surface area contributed by atoms with E-state index < -0.39 is 0 Å². The first-order chi connectivity index (χ1) is 13.3. The van der Waals surface area contributed by atoms with Crippen molar-refractivity contribution < 1.29 is 4.79 Å². The molecular weight excluding hydrogens is 352 g/mol. The number of hydrogen-bond donors (Lipinski definition) is 2. The van der Waals surface area contributed by atoms with E-state index in [1.54, 1.807) is 13.2 Å². The van der Waals surface area contributed by atoms with Crippen molar-refractivity contribution in [2.75, 3.05) is 13.1 Å². The number of fused-ring (bicyclic) bond motifs is 2. The third kappa shape index (κ3) is 4.07. The predicted octanol–water partition coefficient (Wildman–Crippen LogP) is 2.76. The summed E-state index contributed by atoms with van der Waals surface area (Å²) in [4.78, 5) is 30.3. The Kier molecular flexibility index (Phi) is 5.79. The molecule has 1 unspecified atom stereocenters. The van der Waals surface area contributed by atoms with Gasteiger partial charge in [-0.05, 0) is 37.9 Å². The summed E-state index contributed by atoms with van der Waals surface area (Å²) in [6, 6.07) is 7.64. The van der Waals surface area contributed by atoms with Gasteiger partial charge >= 0.3 is 0 Å². The molecule has 0 aliphatic carbocycles. The largest absolute Gasteiger partial charge is 0.348 e. The van der Waals surface area contributed by atoms with Crippen LogP contribution in [0, 0.1) is 12.8 Å². The molecule has 0 saturated carbocycles. The molecule has 1 atom stereocenters. The van der Waals surface area contributed by atoms with Gasteiger partial charge in [0.25, 0.3) is 11.5 Å². The van der Waals surface area contributed by atoms with Gasteiger partial charge in [-0.3, -0.25) is 9.59 Å². The molecule has 148 valence electrons. The summed E-state index contributed by atoms with van der Waals surface area (Å²) in [6.45, 7) is 9.81. The Morgan fingerprint density at radius 2 is 1.93 bits per heavy atom. The van der Waals surface area contributed by atoms with Crippen LogP contribution in [0.4, 0.5) is 0 Å². The third-order valence-corrected chi connectivity index (χ3v) is 4.80. The molecule has 6 nitrogen and oxygen atoms in total. The van der Waals surface area contributed by atoms with Gasteiger partial charge in [-0.2, -0.15) is 0 Å². The average Bonchev–Trinajstić information content (AvgIpc) is 2.63. The molecular formula is C22H28N4O2. The molecule has 2 N–H and O–H groups in total. The van der Waals surface area contributed by atoms with E-state index in [0.717, 1.165) is 23.0 Å². The van der Waals surface area contributed by atoms with Gasteiger partial charge in [0, 0.05) is 31.2 Å². The van der Waals surface area contributed by atoms with Gasteiger partial charge in [0.05, 0.1) is 22.0 Å². The number of carbonyl (C=O) groups excluding carboxylic acids is 1. The molecule has 2 aromatic heterocycles. The second-order valence-corrected chi connectivity index (χ2v) is 7.92. The summed E-state index contributed by atoms with van der Waals surface area (Å²) in [5.41, 5.74) is 2.53. The molecule has 0 spiro atoms. The van der Waals surface area contributed by atoms with E-state index >= 15 is 0 Å². The van der Waals surface area contributed by atoms with E-state index in [-0.39, 0.29) is 17.5 Å². The lowest BCUT2D eigenvalue weighted by atomic mass is 10.1. The van der Waals surface area contributed by atoms with Crippen molar-refractivity contribution in [3.05, 3.63) is 51.9 Å². The molecule has 0 saturated heterocycles. The molecule has 28 heavy (non-hydrogen) atoms. The highest BCUT2D eigenvalue weighted by Crippen LogP contribution is 2.22. The number of pyridine rings is 2. The first kappa shape index (κ1) is 20.0. The number of para-hydroxylation sites is 1. The Hall–Kier alpha value is -2.73. The summed E-state index contributed by atoms with van der Waals surface area (Å²) < 4.78 is 1.45. The van der Waals surface area contributed by atoms with Crippen LogP contribution in [0.1, 0.15) is 36.7 Å². The van der Waals surface area contributed by atoms with E-state index in [1.165, 1.54) is 4.57 Å². The number of amides is 1. The number of carbonyl (C=O) groups is 1. The molecule has 0 bridgehead atoms. The van der Waals surface area contributed by atoms with Gasteiger partial charge in [-0.15, -0.1) is 0 Å². The van der Waals surface area contributed by atoms with E-state index in [4.69, 9.17) is 4.98 Å². The van der Waals surface area contributed by atoms with Gasteiger partial charge in [0.1, 0.15) is 0 Å². The van der Waals surface area contributed by atoms with Crippen molar-refractivity contribution in [2.45, 2.75) is 33.7 Å². The smallest absolute Gasteiger partial charge is 0.259 e. The molecule has 0 radical (unpaired) electrons. The summed E-state index contributed by atoms with van der Waals surface area (Å²) in [5.74, 6) is 0.330. The van der Waals surface area contributed by atoms with Crippen LogP contribution in [-0.4, -0.2) is 34.6 Å². The van der Waals surface area contributed by atoms with Crippen LogP contribution in [-0.2, 0) is 7.05 Å². The Labute approximate surface area is 165 Å². The quantitative estimate of drug-likeness (QED) is 0.645. The molecule has 1 amide bonds. The van der Waals surface area contributed by atoms with Crippen LogP contribution in [0.25, 0.3) is 21.8 Å². The molecule has 6 heteroatoms. The van der Waals surface area contributed by atoms with Gasteiger partial charge in [-0.1, -0.05) is 32.0 Å². The van der Waals surface area contributed by atoms with Crippen molar-refractivity contribution in [1.82, 2.24) is 20.2 Å². The lowest BCUT2D eigenvalue weighted by Gasteiger charge is -2.17. The van der Waals surface area contributed by atoms with Gasteiger partial charge in [0.2, 0.25) is 0 Å². The van der Waals surface area contributed by atoms with Crippen molar-refractivity contribution in [3.8, 4) is 0 Å². The maximum atomic E-state index is 13.0.